The summed E-state index contributed by atoms with van der Waals surface area (Å²) in [4.78, 5) is 37.3. The minimum atomic E-state index is -0.796. The van der Waals surface area contributed by atoms with Crippen molar-refractivity contribution in [2.24, 2.45) is 5.41 Å². The first-order valence-corrected chi connectivity index (χ1v) is 9.16. The summed E-state index contributed by atoms with van der Waals surface area (Å²) in [6.45, 7) is 6.75. The van der Waals surface area contributed by atoms with E-state index in [1.54, 1.807) is 45.0 Å². The van der Waals surface area contributed by atoms with Crippen molar-refractivity contribution in [2.45, 2.75) is 33.7 Å². The van der Waals surface area contributed by atoms with Crippen LogP contribution in [0.1, 0.15) is 37.4 Å². The Labute approximate surface area is 161 Å². The standard InChI is InChI=1S/C19H22FN3O3S/c1-11(21-18(26)19(2,3)4)16(24)22-23-17(25)15-10-9-14(27-15)12-5-7-13(20)8-6-12/h5-11H,1-4H3,(H,21,26)(H,22,24)(H,23,25). The number of carbonyl (C=O) groups is 3. The van der Waals surface area contributed by atoms with Gasteiger partial charge in [0.05, 0.1) is 4.88 Å². The van der Waals surface area contributed by atoms with Crippen LogP contribution in [-0.4, -0.2) is 23.8 Å². The zero-order chi connectivity index (χ0) is 20.2. The van der Waals surface area contributed by atoms with Gasteiger partial charge in [-0.3, -0.25) is 25.2 Å². The van der Waals surface area contributed by atoms with E-state index in [-0.39, 0.29) is 11.7 Å². The predicted octanol–water partition coefficient (Wildman–Crippen LogP) is 2.87. The smallest absolute Gasteiger partial charge is 0.279 e. The highest BCUT2D eigenvalue weighted by molar-refractivity contribution is 7.17. The Morgan fingerprint density at radius 3 is 2.22 bits per heavy atom. The first kappa shape index (κ1) is 20.6. The summed E-state index contributed by atoms with van der Waals surface area (Å²) in [7, 11) is 0. The van der Waals surface area contributed by atoms with Crippen molar-refractivity contribution < 1.29 is 18.8 Å². The highest BCUT2D eigenvalue weighted by atomic mass is 32.1. The summed E-state index contributed by atoms with van der Waals surface area (Å²) in [5.74, 6) is -1.60. The SMILES string of the molecule is CC(NC(=O)C(C)(C)C)C(=O)NNC(=O)c1ccc(-c2ccc(F)cc2)s1. The molecule has 3 N–H and O–H groups in total. The monoisotopic (exact) mass is 391 g/mol. The number of hydrazine groups is 1. The van der Waals surface area contributed by atoms with Crippen LogP contribution in [0.4, 0.5) is 4.39 Å². The fourth-order valence-electron chi connectivity index (χ4n) is 2.00. The molecule has 1 aromatic carbocycles. The number of hydrogen-bond donors (Lipinski definition) is 3. The zero-order valence-electron chi connectivity index (χ0n) is 15.6. The second kappa shape index (κ2) is 8.30. The Morgan fingerprint density at radius 2 is 1.63 bits per heavy atom. The molecule has 0 spiro atoms. The van der Waals surface area contributed by atoms with Gasteiger partial charge < -0.3 is 5.32 Å². The summed E-state index contributed by atoms with van der Waals surface area (Å²) in [5, 5.41) is 2.58. The number of halogens is 1. The van der Waals surface area contributed by atoms with E-state index in [1.165, 1.54) is 30.4 Å². The molecule has 27 heavy (non-hydrogen) atoms. The van der Waals surface area contributed by atoms with E-state index in [0.29, 0.717) is 4.88 Å². The average molecular weight is 391 g/mol. The Hall–Kier alpha value is -2.74. The molecule has 0 saturated heterocycles. The molecule has 144 valence electrons. The van der Waals surface area contributed by atoms with Gasteiger partial charge in [-0.25, -0.2) is 4.39 Å². The maximum absolute atomic E-state index is 13.0. The molecule has 6 nitrogen and oxygen atoms in total. The van der Waals surface area contributed by atoms with Crippen LogP contribution in [0, 0.1) is 11.2 Å². The van der Waals surface area contributed by atoms with Gasteiger partial charge in [0, 0.05) is 10.3 Å². The number of benzene rings is 1. The van der Waals surface area contributed by atoms with Crippen LogP contribution in [0.2, 0.25) is 0 Å². The first-order valence-electron chi connectivity index (χ1n) is 8.35. The topological polar surface area (TPSA) is 87.3 Å². The number of rotatable bonds is 4. The molecule has 0 aliphatic heterocycles. The van der Waals surface area contributed by atoms with Gasteiger partial charge in [0.25, 0.3) is 11.8 Å². The second-order valence-electron chi connectivity index (χ2n) is 7.06. The number of nitrogens with one attached hydrogen (secondary N) is 3. The largest absolute Gasteiger partial charge is 0.344 e. The molecule has 1 aromatic heterocycles. The van der Waals surface area contributed by atoms with Gasteiger partial charge in [0.2, 0.25) is 5.91 Å². The number of amides is 3. The average Bonchev–Trinajstić information content (AvgIpc) is 3.09. The Morgan fingerprint density at radius 1 is 1.00 bits per heavy atom. The maximum atomic E-state index is 13.0. The van der Waals surface area contributed by atoms with Crippen LogP contribution >= 0.6 is 11.3 Å². The highest BCUT2D eigenvalue weighted by Crippen LogP contribution is 2.28. The molecular weight excluding hydrogens is 369 g/mol. The van der Waals surface area contributed by atoms with Crippen molar-refractivity contribution in [3.05, 3.63) is 47.1 Å². The van der Waals surface area contributed by atoms with Crippen LogP contribution in [0.3, 0.4) is 0 Å². The summed E-state index contributed by atoms with van der Waals surface area (Å²) in [6, 6.07) is 8.53. The fraction of sp³-hybridized carbons (Fsp3) is 0.316. The molecule has 1 heterocycles. The van der Waals surface area contributed by atoms with Crippen molar-refractivity contribution in [2.75, 3.05) is 0 Å². The molecule has 1 atom stereocenters. The van der Waals surface area contributed by atoms with Crippen molar-refractivity contribution in [3.8, 4) is 10.4 Å². The van der Waals surface area contributed by atoms with Gasteiger partial charge in [-0.05, 0) is 36.8 Å². The molecule has 0 aliphatic rings. The van der Waals surface area contributed by atoms with Crippen LogP contribution < -0.4 is 16.2 Å². The van der Waals surface area contributed by atoms with Crippen molar-refractivity contribution >= 4 is 29.1 Å². The van der Waals surface area contributed by atoms with Crippen molar-refractivity contribution in [1.82, 2.24) is 16.2 Å². The minimum absolute atomic E-state index is 0.265. The normalized spacial score (nSPS) is 12.2. The van der Waals surface area contributed by atoms with Gasteiger partial charge in [-0.1, -0.05) is 32.9 Å². The molecule has 0 aliphatic carbocycles. The molecule has 2 rings (SSSR count). The van der Waals surface area contributed by atoms with Crippen LogP contribution in [0.15, 0.2) is 36.4 Å². The third-order valence-electron chi connectivity index (χ3n) is 3.68. The molecule has 1 unspecified atom stereocenters. The predicted molar refractivity (Wildman–Crippen MR) is 102 cm³/mol. The van der Waals surface area contributed by atoms with Gasteiger partial charge in [-0.2, -0.15) is 0 Å². The number of hydrogen-bond acceptors (Lipinski definition) is 4. The molecule has 2 aromatic rings. The lowest BCUT2D eigenvalue weighted by Crippen LogP contribution is -2.52. The van der Waals surface area contributed by atoms with Crippen LogP contribution in [-0.2, 0) is 9.59 Å². The quantitative estimate of drug-likeness (QED) is 0.701. The fourth-order valence-corrected chi connectivity index (χ4v) is 2.90. The Kier molecular flexibility index (Phi) is 6.32. The van der Waals surface area contributed by atoms with Crippen LogP contribution in [0.25, 0.3) is 10.4 Å². The lowest BCUT2D eigenvalue weighted by Gasteiger charge is -2.21. The molecule has 0 fully saturated rings. The van der Waals surface area contributed by atoms with Crippen LogP contribution in [0.5, 0.6) is 0 Å². The Bertz CT molecular complexity index is 841. The third kappa shape index (κ3) is 5.62. The van der Waals surface area contributed by atoms with E-state index in [9.17, 15) is 18.8 Å². The summed E-state index contributed by atoms with van der Waals surface area (Å²) < 4.78 is 13.0. The van der Waals surface area contributed by atoms with E-state index in [2.05, 4.69) is 16.2 Å². The van der Waals surface area contributed by atoms with Gasteiger partial charge in [0.15, 0.2) is 0 Å². The van der Waals surface area contributed by atoms with Gasteiger partial charge in [0.1, 0.15) is 11.9 Å². The molecular formula is C19H22FN3O3S. The van der Waals surface area contributed by atoms with E-state index in [1.807, 2.05) is 0 Å². The lowest BCUT2D eigenvalue weighted by atomic mass is 9.95. The highest BCUT2D eigenvalue weighted by Gasteiger charge is 2.25. The van der Waals surface area contributed by atoms with Crippen molar-refractivity contribution in [3.63, 3.8) is 0 Å². The van der Waals surface area contributed by atoms with Gasteiger partial charge >= 0.3 is 0 Å². The van der Waals surface area contributed by atoms with E-state index in [0.717, 1.165) is 10.4 Å². The Balaban J connectivity index is 1.91. The van der Waals surface area contributed by atoms with E-state index >= 15 is 0 Å². The molecule has 0 bridgehead atoms. The summed E-state index contributed by atoms with van der Waals surface area (Å²) >= 11 is 1.22. The minimum Gasteiger partial charge on any atom is -0.344 e. The first-order chi connectivity index (χ1) is 12.6. The third-order valence-corrected chi connectivity index (χ3v) is 4.81. The number of thiophene rings is 1. The molecule has 3 amide bonds. The summed E-state index contributed by atoms with van der Waals surface area (Å²) in [6.07, 6.45) is 0. The zero-order valence-corrected chi connectivity index (χ0v) is 16.4. The summed E-state index contributed by atoms with van der Waals surface area (Å²) in [5.41, 5.74) is 4.80. The number of carbonyl (C=O) groups excluding carboxylic acids is 3. The maximum Gasteiger partial charge on any atom is 0.279 e. The molecule has 0 saturated carbocycles. The van der Waals surface area contributed by atoms with E-state index < -0.39 is 23.3 Å². The second-order valence-corrected chi connectivity index (χ2v) is 8.14. The molecule has 0 radical (unpaired) electrons. The van der Waals surface area contributed by atoms with Gasteiger partial charge in [-0.15, -0.1) is 11.3 Å². The van der Waals surface area contributed by atoms with Crippen molar-refractivity contribution in [1.29, 1.82) is 0 Å². The van der Waals surface area contributed by atoms with E-state index in [4.69, 9.17) is 0 Å². The lowest BCUT2D eigenvalue weighted by molar-refractivity contribution is -0.133. The molecule has 8 heteroatoms.